The molecule has 0 aliphatic carbocycles. The van der Waals surface area contributed by atoms with E-state index in [4.69, 9.17) is 4.74 Å². The maximum atomic E-state index is 13.6. The highest BCUT2D eigenvalue weighted by atomic mass is 32.2. The molecule has 1 amide bonds. The number of unbranched alkanes of at least 4 members (excludes halogenated alkanes) is 1. The summed E-state index contributed by atoms with van der Waals surface area (Å²) in [6.07, 6.45) is 2.43. The second-order valence-corrected chi connectivity index (χ2v) is 10.2. The monoisotopic (exact) mass is 455 g/mol. The Bertz CT molecular complexity index is 986. The number of aromatic nitrogens is 1. The largest absolute Gasteiger partial charge is 0.496 e. The number of nitrogens with one attached hydrogen (secondary N) is 1. The smallest absolute Gasteiger partial charge is 0.229 e. The molecule has 1 aromatic heterocycles. The Morgan fingerprint density at radius 1 is 1.37 bits per heavy atom. The van der Waals surface area contributed by atoms with E-state index in [1.807, 2.05) is 6.92 Å². The fourth-order valence-corrected chi connectivity index (χ4v) is 5.79. The Hall–Kier alpha value is -2.04. The van der Waals surface area contributed by atoms with Crippen molar-refractivity contribution in [1.82, 2.24) is 9.29 Å². The van der Waals surface area contributed by atoms with Crippen LogP contribution in [-0.4, -0.2) is 49.6 Å². The number of amides is 1. The quantitative estimate of drug-likeness (QED) is 0.655. The number of benzene rings is 1. The van der Waals surface area contributed by atoms with Gasteiger partial charge in [0, 0.05) is 30.0 Å². The molecule has 164 valence electrons. The molecule has 0 unspecified atom stereocenters. The number of hydrogen-bond acceptors (Lipinski definition) is 6. The normalized spacial score (nSPS) is 15.8. The molecule has 1 fully saturated rings. The van der Waals surface area contributed by atoms with Gasteiger partial charge in [-0.15, -0.1) is 11.3 Å². The number of ether oxygens (including phenoxy) is 1. The summed E-state index contributed by atoms with van der Waals surface area (Å²) >= 11 is 1.25. The standard InChI is InChI=1S/C20H26FN3O4S2/c1-3-4-11-30(26,27)24-9-7-14(8-10-24)19(25)23-20-22-17(13-29-20)16-12-15(21)5-6-18(16)28-2/h5-6,12-14H,3-4,7-11H2,1-2H3,(H,22,23,25). The molecule has 0 bridgehead atoms. The van der Waals surface area contributed by atoms with E-state index in [0.717, 1.165) is 6.42 Å². The lowest BCUT2D eigenvalue weighted by atomic mass is 9.97. The Morgan fingerprint density at radius 3 is 2.77 bits per heavy atom. The first-order valence-electron chi connectivity index (χ1n) is 9.92. The lowest BCUT2D eigenvalue weighted by Crippen LogP contribution is -2.42. The van der Waals surface area contributed by atoms with Crippen molar-refractivity contribution < 1.29 is 22.3 Å². The second-order valence-electron chi connectivity index (χ2n) is 7.21. The number of rotatable bonds is 8. The second kappa shape index (κ2) is 9.84. The fourth-order valence-electron chi connectivity index (χ4n) is 3.39. The van der Waals surface area contributed by atoms with Gasteiger partial charge in [0.15, 0.2) is 5.13 Å². The van der Waals surface area contributed by atoms with E-state index in [1.165, 1.54) is 41.0 Å². The van der Waals surface area contributed by atoms with Gasteiger partial charge in [0.05, 0.1) is 18.6 Å². The van der Waals surface area contributed by atoms with Crippen LogP contribution in [0.5, 0.6) is 5.75 Å². The van der Waals surface area contributed by atoms with Crippen molar-refractivity contribution in [3.05, 3.63) is 29.4 Å². The third kappa shape index (κ3) is 5.35. The highest BCUT2D eigenvalue weighted by molar-refractivity contribution is 7.89. The average molecular weight is 456 g/mol. The molecule has 1 N–H and O–H groups in total. The summed E-state index contributed by atoms with van der Waals surface area (Å²) in [5.74, 6) is -0.182. The summed E-state index contributed by atoms with van der Waals surface area (Å²) in [4.78, 5) is 17.0. The lowest BCUT2D eigenvalue weighted by molar-refractivity contribution is -0.120. The zero-order valence-corrected chi connectivity index (χ0v) is 18.7. The first kappa shape index (κ1) is 22.6. The molecule has 3 rings (SSSR count). The average Bonchev–Trinajstić information content (AvgIpc) is 3.20. The number of thiazole rings is 1. The number of piperidine rings is 1. The van der Waals surface area contributed by atoms with Gasteiger partial charge < -0.3 is 10.1 Å². The summed E-state index contributed by atoms with van der Waals surface area (Å²) in [6.45, 7) is 2.67. The number of nitrogens with zero attached hydrogens (tertiary/aromatic N) is 2. The van der Waals surface area contributed by atoms with Crippen molar-refractivity contribution in [1.29, 1.82) is 0 Å². The highest BCUT2D eigenvalue weighted by Gasteiger charge is 2.31. The van der Waals surface area contributed by atoms with Crippen LogP contribution >= 0.6 is 11.3 Å². The minimum atomic E-state index is -3.24. The van der Waals surface area contributed by atoms with Crippen LogP contribution in [0.3, 0.4) is 0 Å². The number of carbonyl (C=O) groups is 1. The maximum Gasteiger partial charge on any atom is 0.229 e. The van der Waals surface area contributed by atoms with Crippen LogP contribution in [0.1, 0.15) is 32.6 Å². The topological polar surface area (TPSA) is 88.6 Å². The zero-order chi connectivity index (χ0) is 21.7. The first-order chi connectivity index (χ1) is 14.3. The molecule has 2 aromatic rings. The van der Waals surface area contributed by atoms with E-state index >= 15 is 0 Å². The number of sulfonamides is 1. The molecule has 2 heterocycles. The van der Waals surface area contributed by atoms with Crippen molar-refractivity contribution in [2.45, 2.75) is 32.6 Å². The molecular formula is C20H26FN3O4S2. The van der Waals surface area contributed by atoms with Gasteiger partial charge in [-0.05, 0) is 37.5 Å². The van der Waals surface area contributed by atoms with Crippen LogP contribution in [0.25, 0.3) is 11.3 Å². The van der Waals surface area contributed by atoms with Crippen LogP contribution in [0.4, 0.5) is 9.52 Å². The van der Waals surface area contributed by atoms with Gasteiger partial charge in [-0.3, -0.25) is 4.79 Å². The molecule has 0 spiro atoms. The van der Waals surface area contributed by atoms with Crippen molar-refractivity contribution >= 4 is 32.4 Å². The molecular weight excluding hydrogens is 429 g/mol. The summed E-state index contributed by atoms with van der Waals surface area (Å²) in [7, 11) is -1.74. The van der Waals surface area contributed by atoms with Crippen molar-refractivity contribution in [3.63, 3.8) is 0 Å². The number of anilines is 1. The Kier molecular flexibility index (Phi) is 7.43. The van der Waals surface area contributed by atoms with E-state index < -0.39 is 15.8 Å². The molecule has 0 saturated carbocycles. The van der Waals surface area contributed by atoms with Gasteiger partial charge >= 0.3 is 0 Å². The summed E-state index contributed by atoms with van der Waals surface area (Å²) in [6, 6.07) is 4.19. The van der Waals surface area contributed by atoms with Crippen molar-refractivity contribution in [2.75, 3.05) is 31.3 Å². The Morgan fingerprint density at radius 2 is 2.10 bits per heavy atom. The molecule has 0 atom stereocenters. The van der Waals surface area contributed by atoms with Gasteiger partial charge in [-0.1, -0.05) is 13.3 Å². The third-order valence-corrected chi connectivity index (χ3v) is 7.86. The van der Waals surface area contributed by atoms with Gasteiger partial charge in [0.1, 0.15) is 11.6 Å². The Balaban J connectivity index is 1.60. The molecule has 1 saturated heterocycles. The van der Waals surface area contributed by atoms with E-state index in [1.54, 1.807) is 5.38 Å². The predicted octanol–water partition coefficient (Wildman–Crippen LogP) is 3.74. The van der Waals surface area contributed by atoms with Crippen LogP contribution in [0.15, 0.2) is 23.6 Å². The van der Waals surface area contributed by atoms with E-state index in [9.17, 15) is 17.6 Å². The maximum absolute atomic E-state index is 13.6. The predicted molar refractivity (Wildman–Crippen MR) is 116 cm³/mol. The van der Waals surface area contributed by atoms with Crippen LogP contribution in [0, 0.1) is 11.7 Å². The van der Waals surface area contributed by atoms with Crippen molar-refractivity contribution in [2.24, 2.45) is 5.92 Å². The van der Waals surface area contributed by atoms with Gasteiger partial charge in [-0.2, -0.15) is 0 Å². The number of halogens is 1. The highest BCUT2D eigenvalue weighted by Crippen LogP contribution is 2.33. The number of carbonyl (C=O) groups excluding carboxylic acids is 1. The van der Waals surface area contributed by atoms with Crippen molar-refractivity contribution in [3.8, 4) is 17.0 Å². The van der Waals surface area contributed by atoms with E-state index in [2.05, 4.69) is 10.3 Å². The lowest BCUT2D eigenvalue weighted by Gasteiger charge is -2.30. The fraction of sp³-hybridized carbons (Fsp3) is 0.500. The van der Waals surface area contributed by atoms with Gasteiger partial charge in [0.2, 0.25) is 15.9 Å². The molecule has 1 aromatic carbocycles. The zero-order valence-electron chi connectivity index (χ0n) is 17.1. The SMILES string of the molecule is CCCCS(=O)(=O)N1CCC(C(=O)Nc2nc(-c3cc(F)ccc3OC)cs2)CC1. The van der Waals surface area contributed by atoms with E-state index in [0.29, 0.717) is 54.5 Å². The number of methoxy groups -OCH3 is 1. The van der Waals surface area contributed by atoms with E-state index in [-0.39, 0.29) is 17.6 Å². The summed E-state index contributed by atoms with van der Waals surface area (Å²) < 4.78 is 45.0. The Labute approximate surface area is 180 Å². The number of hydrogen-bond donors (Lipinski definition) is 1. The van der Waals surface area contributed by atoms with Gasteiger partial charge in [-0.25, -0.2) is 22.1 Å². The van der Waals surface area contributed by atoms with Crippen LogP contribution < -0.4 is 10.1 Å². The molecule has 1 aliphatic heterocycles. The molecule has 10 heteroatoms. The minimum Gasteiger partial charge on any atom is -0.496 e. The van der Waals surface area contributed by atoms with Crippen LogP contribution in [-0.2, 0) is 14.8 Å². The first-order valence-corrected chi connectivity index (χ1v) is 12.4. The van der Waals surface area contributed by atoms with Crippen LogP contribution in [0.2, 0.25) is 0 Å². The minimum absolute atomic E-state index is 0.159. The summed E-state index contributed by atoms with van der Waals surface area (Å²) in [5, 5.41) is 4.96. The molecule has 7 nitrogen and oxygen atoms in total. The third-order valence-electron chi connectivity index (χ3n) is 5.15. The molecule has 30 heavy (non-hydrogen) atoms. The van der Waals surface area contributed by atoms with Gasteiger partial charge in [0.25, 0.3) is 0 Å². The molecule has 1 aliphatic rings. The summed E-state index contributed by atoms with van der Waals surface area (Å²) in [5.41, 5.74) is 1.03. The molecule has 0 radical (unpaired) electrons.